The molecule has 2 rings (SSSR count). The van der Waals surface area contributed by atoms with Crippen LogP contribution in [0.15, 0.2) is 24.3 Å². The SMILES string of the molecule is CNC1CCCN(C(=O)C(c2cccc(Cl)c2)N(C)C)C1.Cl.Cl. The Morgan fingerprint density at radius 3 is 2.65 bits per heavy atom. The summed E-state index contributed by atoms with van der Waals surface area (Å²) in [6.45, 7) is 1.61. The van der Waals surface area contributed by atoms with Crippen LogP contribution in [-0.4, -0.2) is 56.0 Å². The van der Waals surface area contributed by atoms with E-state index in [-0.39, 0.29) is 36.8 Å². The van der Waals surface area contributed by atoms with Crippen LogP contribution in [-0.2, 0) is 4.79 Å². The minimum Gasteiger partial charge on any atom is -0.339 e. The maximum Gasteiger partial charge on any atom is 0.244 e. The zero-order valence-electron chi connectivity index (χ0n) is 13.8. The molecule has 1 aliphatic heterocycles. The Balaban J connectivity index is 0.00000242. The van der Waals surface area contributed by atoms with E-state index in [2.05, 4.69) is 5.32 Å². The predicted molar refractivity (Wildman–Crippen MR) is 101 cm³/mol. The minimum absolute atomic E-state index is 0. The number of halogens is 3. The van der Waals surface area contributed by atoms with Gasteiger partial charge in [-0.05, 0) is 51.7 Å². The summed E-state index contributed by atoms with van der Waals surface area (Å²) in [4.78, 5) is 16.9. The first kappa shape index (κ1) is 22.5. The van der Waals surface area contributed by atoms with Crippen LogP contribution in [0.2, 0.25) is 5.02 Å². The molecule has 1 amide bonds. The lowest BCUT2D eigenvalue weighted by molar-refractivity contribution is -0.137. The molecule has 7 heteroatoms. The van der Waals surface area contributed by atoms with Gasteiger partial charge in [0.1, 0.15) is 6.04 Å². The second kappa shape index (κ2) is 10.4. The van der Waals surface area contributed by atoms with Crippen LogP contribution in [0.25, 0.3) is 0 Å². The first-order chi connectivity index (χ1) is 10.0. The summed E-state index contributed by atoms with van der Waals surface area (Å²) in [6.07, 6.45) is 2.18. The molecule has 1 heterocycles. The molecule has 23 heavy (non-hydrogen) atoms. The van der Waals surface area contributed by atoms with Gasteiger partial charge in [-0.3, -0.25) is 9.69 Å². The van der Waals surface area contributed by atoms with Gasteiger partial charge in [0.25, 0.3) is 0 Å². The topological polar surface area (TPSA) is 35.6 Å². The summed E-state index contributed by atoms with van der Waals surface area (Å²) < 4.78 is 0. The fraction of sp³-hybridized carbons (Fsp3) is 0.562. The molecule has 0 aliphatic carbocycles. The molecule has 0 spiro atoms. The van der Waals surface area contributed by atoms with Crippen molar-refractivity contribution < 1.29 is 4.79 Å². The van der Waals surface area contributed by atoms with E-state index in [1.165, 1.54) is 0 Å². The number of amides is 1. The number of rotatable bonds is 4. The van der Waals surface area contributed by atoms with Crippen molar-refractivity contribution in [1.82, 2.24) is 15.1 Å². The van der Waals surface area contributed by atoms with Crippen molar-refractivity contribution in [1.29, 1.82) is 0 Å². The second-order valence-corrected chi connectivity index (χ2v) is 6.27. The van der Waals surface area contributed by atoms with Gasteiger partial charge in [0.15, 0.2) is 0 Å². The van der Waals surface area contributed by atoms with Crippen LogP contribution in [0.3, 0.4) is 0 Å². The Labute approximate surface area is 156 Å². The van der Waals surface area contributed by atoms with Crippen LogP contribution in [0.4, 0.5) is 0 Å². The van der Waals surface area contributed by atoms with Gasteiger partial charge in [0.2, 0.25) is 5.91 Å². The molecule has 0 saturated carbocycles. The average Bonchev–Trinajstić information content (AvgIpc) is 2.47. The number of carbonyl (C=O) groups excluding carboxylic acids is 1. The first-order valence-corrected chi connectivity index (χ1v) is 7.78. The third kappa shape index (κ3) is 5.80. The van der Waals surface area contributed by atoms with Crippen molar-refractivity contribution in [3.8, 4) is 0 Å². The number of hydrogen-bond donors (Lipinski definition) is 1. The average molecular weight is 383 g/mol. The molecule has 4 nitrogen and oxygen atoms in total. The van der Waals surface area contributed by atoms with Crippen LogP contribution >= 0.6 is 36.4 Å². The Hall–Kier alpha value is -0.520. The van der Waals surface area contributed by atoms with E-state index in [9.17, 15) is 4.79 Å². The molecule has 2 unspecified atom stereocenters. The highest BCUT2D eigenvalue weighted by molar-refractivity contribution is 6.30. The zero-order chi connectivity index (χ0) is 15.4. The van der Waals surface area contributed by atoms with Crippen molar-refractivity contribution in [3.63, 3.8) is 0 Å². The van der Waals surface area contributed by atoms with Gasteiger partial charge in [-0.15, -0.1) is 24.8 Å². The summed E-state index contributed by atoms with van der Waals surface area (Å²) in [5.74, 6) is 0.155. The third-order valence-electron chi connectivity index (χ3n) is 4.06. The number of likely N-dealkylation sites (N-methyl/N-ethyl adjacent to an activating group) is 2. The van der Waals surface area contributed by atoms with Gasteiger partial charge >= 0.3 is 0 Å². The van der Waals surface area contributed by atoms with Gasteiger partial charge in [-0.1, -0.05) is 23.7 Å². The monoisotopic (exact) mass is 381 g/mol. The number of nitrogens with one attached hydrogen (secondary N) is 1. The summed E-state index contributed by atoms with van der Waals surface area (Å²) in [6, 6.07) is 7.69. The van der Waals surface area contributed by atoms with Crippen molar-refractivity contribution >= 4 is 42.3 Å². The molecule has 0 radical (unpaired) electrons. The van der Waals surface area contributed by atoms with E-state index < -0.39 is 0 Å². The first-order valence-electron chi connectivity index (χ1n) is 7.41. The van der Waals surface area contributed by atoms with Crippen LogP contribution in [0.5, 0.6) is 0 Å². The van der Waals surface area contributed by atoms with Crippen molar-refractivity contribution in [2.75, 3.05) is 34.2 Å². The van der Waals surface area contributed by atoms with Crippen molar-refractivity contribution in [3.05, 3.63) is 34.9 Å². The highest BCUT2D eigenvalue weighted by atomic mass is 35.5. The number of benzene rings is 1. The summed E-state index contributed by atoms with van der Waals surface area (Å²) >= 11 is 6.08. The summed E-state index contributed by atoms with van der Waals surface area (Å²) in [5, 5.41) is 3.94. The van der Waals surface area contributed by atoms with E-state index in [4.69, 9.17) is 11.6 Å². The lowest BCUT2D eigenvalue weighted by Crippen LogP contribution is -2.50. The van der Waals surface area contributed by atoms with Crippen LogP contribution < -0.4 is 5.32 Å². The lowest BCUT2D eigenvalue weighted by Gasteiger charge is -2.36. The van der Waals surface area contributed by atoms with E-state index in [0.717, 1.165) is 31.5 Å². The Morgan fingerprint density at radius 2 is 2.09 bits per heavy atom. The summed E-state index contributed by atoms with van der Waals surface area (Å²) in [5.41, 5.74) is 0.948. The largest absolute Gasteiger partial charge is 0.339 e. The van der Waals surface area contributed by atoms with Gasteiger partial charge < -0.3 is 10.2 Å². The molecule has 132 valence electrons. The Morgan fingerprint density at radius 1 is 1.39 bits per heavy atom. The van der Waals surface area contributed by atoms with Gasteiger partial charge in [0, 0.05) is 24.2 Å². The van der Waals surface area contributed by atoms with E-state index in [1.54, 1.807) is 0 Å². The molecule has 2 atom stereocenters. The summed E-state index contributed by atoms with van der Waals surface area (Å²) in [7, 11) is 5.82. The van der Waals surface area contributed by atoms with Crippen LogP contribution in [0, 0.1) is 0 Å². The molecule has 1 N–H and O–H groups in total. The zero-order valence-corrected chi connectivity index (χ0v) is 16.2. The lowest BCUT2D eigenvalue weighted by atomic mass is 10.0. The fourth-order valence-corrected chi connectivity index (χ4v) is 3.12. The highest BCUT2D eigenvalue weighted by Crippen LogP contribution is 2.25. The van der Waals surface area contributed by atoms with E-state index in [1.807, 2.05) is 55.2 Å². The number of piperidine rings is 1. The van der Waals surface area contributed by atoms with E-state index in [0.29, 0.717) is 11.1 Å². The van der Waals surface area contributed by atoms with E-state index >= 15 is 0 Å². The van der Waals surface area contributed by atoms with Crippen molar-refractivity contribution in [2.24, 2.45) is 0 Å². The van der Waals surface area contributed by atoms with Gasteiger partial charge in [0.05, 0.1) is 0 Å². The molecule has 0 aromatic heterocycles. The van der Waals surface area contributed by atoms with Gasteiger partial charge in [-0.25, -0.2) is 0 Å². The van der Waals surface area contributed by atoms with Gasteiger partial charge in [-0.2, -0.15) is 0 Å². The molecular weight excluding hydrogens is 357 g/mol. The highest BCUT2D eigenvalue weighted by Gasteiger charge is 2.30. The molecule has 0 bridgehead atoms. The maximum absolute atomic E-state index is 12.9. The normalized spacial score (nSPS) is 18.8. The molecule has 1 aliphatic rings. The molecule has 1 saturated heterocycles. The smallest absolute Gasteiger partial charge is 0.244 e. The maximum atomic E-state index is 12.9. The standard InChI is InChI=1S/C16H24ClN3O.2ClH/c1-18-14-8-5-9-20(11-14)16(21)15(19(2)3)12-6-4-7-13(17)10-12;;/h4,6-7,10,14-15,18H,5,8-9,11H2,1-3H3;2*1H. The predicted octanol–water partition coefficient (Wildman–Crippen LogP) is 3.00. The quantitative estimate of drug-likeness (QED) is 0.869. The van der Waals surface area contributed by atoms with Crippen molar-refractivity contribution in [2.45, 2.75) is 24.9 Å². The molecular formula is C16H26Cl3N3O. The Kier molecular flexibility index (Phi) is 10.1. The fourth-order valence-electron chi connectivity index (χ4n) is 2.92. The number of likely N-dealkylation sites (tertiary alicyclic amines) is 1. The molecule has 1 aromatic carbocycles. The Bertz CT molecular complexity index is 499. The number of nitrogens with zero attached hydrogens (tertiary/aromatic N) is 2. The molecule has 1 fully saturated rings. The minimum atomic E-state index is -0.278. The number of carbonyl (C=O) groups is 1. The number of hydrogen-bond acceptors (Lipinski definition) is 3. The van der Waals surface area contributed by atoms with Crippen LogP contribution in [0.1, 0.15) is 24.4 Å². The third-order valence-corrected chi connectivity index (χ3v) is 4.29. The second-order valence-electron chi connectivity index (χ2n) is 5.83. The molecule has 1 aromatic rings.